The van der Waals surface area contributed by atoms with E-state index in [4.69, 9.17) is 0 Å². The molecule has 0 fully saturated rings. The number of aryl methyl sites for hydroxylation is 1. The van der Waals surface area contributed by atoms with E-state index in [-0.39, 0.29) is 0 Å². The van der Waals surface area contributed by atoms with Crippen molar-refractivity contribution in [1.82, 2.24) is 30.2 Å². The lowest BCUT2D eigenvalue weighted by molar-refractivity contribution is 0.608. The third-order valence-corrected chi connectivity index (χ3v) is 5.80. The Bertz CT molecular complexity index is 911. The molecule has 0 saturated heterocycles. The second-order valence-electron chi connectivity index (χ2n) is 4.56. The molecule has 0 unspecified atom stereocenters. The highest BCUT2D eigenvalue weighted by Gasteiger charge is 2.14. The summed E-state index contributed by atoms with van der Waals surface area (Å²) in [5, 5.41) is 16.7. The quantitative estimate of drug-likeness (QED) is 0.528. The largest absolute Gasteiger partial charge is 0.229 e. The van der Waals surface area contributed by atoms with E-state index in [2.05, 4.69) is 49.9 Å². The zero-order chi connectivity index (χ0) is 14.9. The van der Waals surface area contributed by atoms with Crippen molar-refractivity contribution in [2.45, 2.75) is 23.7 Å². The van der Waals surface area contributed by atoms with Gasteiger partial charge < -0.3 is 0 Å². The van der Waals surface area contributed by atoms with Gasteiger partial charge in [0.15, 0.2) is 0 Å². The Morgan fingerprint density at radius 1 is 1.32 bits per heavy atom. The van der Waals surface area contributed by atoms with Crippen LogP contribution >= 0.6 is 34.4 Å². The zero-order valence-electron chi connectivity index (χ0n) is 11.5. The van der Waals surface area contributed by atoms with Gasteiger partial charge >= 0.3 is 0 Å². The summed E-state index contributed by atoms with van der Waals surface area (Å²) in [5.74, 6) is 0. The lowest BCUT2D eigenvalue weighted by Gasteiger charge is -2.03. The highest BCUT2D eigenvalue weighted by molar-refractivity contribution is 7.99. The summed E-state index contributed by atoms with van der Waals surface area (Å²) in [4.78, 5) is 12.1. The summed E-state index contributed by atoms with van der Waals surface area (Å²) in [5.41, 5.74) is 0. The zero-order valence-corrected chi connectivity index (χ0v) is 14.0. The molecule has 0 saturated carbocycles. The number of thiophene rings is 2. The first-order chi connectivity index (χ1) is 10.8. The summed E-state index contributed by atoms with van der Waals surface area (Å²) < 4.78 is 1.80. The molecule has 4 aromatic heterocycles. The van der Waals surface area contributed by atoms with Gasteiger partial charge in [-0.1, -0.05) is 6.07 Å². The Balaban J connectivity index is 1.67. The topological polar surface area (TPSA) is 69.4 Å². The number of aromatic nitrogens is 6. The Kier molecular flexibility index (Phi) is 3.60. The van der Waals surface area contributed by atoms with E-state index < -0.39 is 0 Å². The standard InChI is InChI=1S/C13H10N6S3/c1-8-5-10-11(21-8)14-7-15-12(10)22-13-16-17-18-19(13)6-9-3-2-4-20-9/h2-5,7H,6H2,1H3. The SMILES string of the molecule is Cc1cc2c(Sc3nnnn3Cc3cccs3)ncnc2s1. The van der Waals surface area contributed by atoms with Gasteiger partial charge in [0, 0.05) is 15.1 Å². The van der Waals surface area contributed by atoms with Gasteiger partial charge in [0.1, 0.15) is 16.2 Å². The van der Waals surface area contributed by atoms with Gasteiger partial charge in [-0.05, 0) is 46.6 Å². The molecule has 9 heteroatoms. The molecule has 0 amide bonds. The molecule has 0 aliphatic carbocycles. The second-order valence-corrected chi connectivity index (χ2v) is 7.78. The smallest absolute Gasteiger partial charge is 0.215 e. The van der Waals surface area contributed by atoms with E-state index in [0.717, 1.165) is 20.4 Å². The fourth-order valence-corrected chi connectivity index (χ4v) is 4.46. The minimum atomic E-state index is 0.671. The minimum absolute atomic E-state index is 0.671. The summed E-state index contributed by atoms with van der Waals surface area (Å²) >= 11 is 4.83. The maximum atomic E-state index is 4.39. The van der Waals surface area contributed by atoms with Crippen molar-refractivity contribution in [3.05, 3.63) is 39.7 Å². The van der Waals surface area contributed by atoms with Crippen LogP contribution in [0.1, 0.15) is 9.75 Å². The Morgan fingerprint density at radius 3 is 3.14 bits per heavy atom. The summed E-state index contributed by atoms with van der Waals surface area (Å²) in [7, 11) is 0. The van der Waals surface area contributed by atoms with Gasteiger partial charge in [-0.2, -0.15) is 0 Å². The molecule has 110 valence electrons. The molecule has 6 nitrogen and oxygen atoms in total. The van der Waals surface area contributed by atoms with Crippen LogP contribution in [0.4, 0.5) is 0 Å². The van der Waals surface area contributed by atoms with E-state index in [1.807, 2.05) is 6.07 Å². The van der Waals surface area contributed by atoms with Gasteiger partial charge in [0.05, 0.1) is 6.54 Å². The molecule has 0 aliphatic rings. The lowest BCUT2D eigenvalue weighted by Crippen LogP contribution is -2.02. The summed E-state index contributed by atoms with van der Waals surface area (Å²) in [6.45, 7) is 2.74. The average Bonchev–Trinajstić information content (AvgIpc) is 3.21. The predicted octanol–water partition coefficient (Wildman–Crippen LogP) is 3.25. The van der Waals surface area contributed by atoms with E-state index >= 15 is 0 Å². The first-order valence-corrected chi connectivity index (χ1v) is 8.98. The summed E-state index contributed by atoms with van der Waals surface area (Å²) in [6, 6.07) is 6.21. The maximum Gasteiger partial charge on any atom is 0.215 e. The Hall–Kier alpha value is -1.84. The third kappa shape index (κ3) is 2.62. The third-order valence-electron chi connectivity index (χ3n) is 2.99. The number of tetrazole rings is 1. The van der Waals surface area contributed by atoms with E-state index in [1.165, 1.54) is 21.5 Å². The number of nitrogens with zero attached hydrogens (tertiary/aromatic N) is 6. The first-order valence-electron chi connectivity index (χ1n) is 6.47. The predicted molar refractivity (Wildman–Crippen MR) is 87.5 cm³/mol. The molecular weight excluding hydrogens is 336 g/mol. The van der Waals surface area contributed by atoms with Crippen LogP contribution in [0.2, 0.25) is 0 Å². The fraction of sp³-hybridized carbons (Fsp3) is 0.154. The molecule has 4 rings (SSSR count). The van der Waals surface area contributed by atoms with Crippen molar-refractivity contribution in [2.24, 2.45) is 0 Å². The van der Waals surface area contributed by atoms with Crippen molar-refractivity contribution in [3.63, 3.8) is 0 Å². The Morgan fingerprint density at radius 2 is 2.27 bits per heavy atom. The number of rotatable bonds is 4. The molecular formula is C13H10N6S3. The highest BCUT2D eigenvalue weighted by atomic mass is 32.2. The Labute approximate surface area is 138 Å². The molecule has 0 N–H and O–H groups in total. The van der Waals surface area contributed by atoms with Crippen molar-refractivity contribution >= 4 is 44.7 Å². The normalized spacial score (nSPS) is 11.3. The van der Waals surface area contributed by atoms with Crippen molar-refractivity contribution in [3.8, 4) is 0 Å². The molecule has 0 radical (unpaired) electrons. The van der Waals surface area contributed by atoms with Crippen LogP contribution in [0.15, 0.2) is 40.1 Å². The maximum absolute atomic E-state index is 4.39. The van der Waals surface area contributed by atoms with E-state index in [9.17, 15) is 0 Å². The second kappa shape index (κ2) is 5.75. The van der Waals surface area contributed by atoms with Crippen LogP contribution in [0.25, 0.3) is 10.2 Å². The van der Waals surface area contributed by atoms with Gasteiger partial charge in [0.2, 0.25) is 5.16 Å². The van der Waals surface area contributed by atoms with Gasteiger partial charge in [-0.15, -0.1) is 27.8 Å². The van der Waals surface area contributed by atoms with Crippen molar-refractivity contribution in [2.75, 3.05) is 0 Å². The van der Waals surface area contributed by atoms with Crippen molar-refractivity contribution in [1.29, 1.82) is 0 Å². The van der Waals surface area contributed by atoms with Crippen LogP contribution in [-0.2, 0) is 6.54 Å². The van der Waals surface area contributed by atoms with E-state index in [0.29, 0.717) is 6.54 Å². The number of fused-ring (bicyclic) bond motifs is 1. The minimum Gasteiger partial charge on any atom is -0.229 e. The number of hydrogen-bond acceptors (Lipinski definition) is 8. The van der Waals surface area contributed by atoms with Gasteiger partial charge in [-0.25, -0.2) is 14.6 Å². The molecule has 22 heavy (non-hydrogen) atoms. The monoisotopic (exact) mass is 346 g/mol. The lowest BCUT2D eigenvalue weighted by atomic mass is 10.4. The molecule has 4 heterocycles. The average molecular weight is 346 g/mol. The van der Waals surface area contributed by atoms with Crippen LogP contribution in [-0.4, -0.2) is 30.2 Å². The highest BCUT2D eigenvalue weighted by Crippen LogP contribution is 2.33. The fourth-order valence-electron chi connectivity index (χ4n) is 2.04. The van der Waals surface area contributed by atoms with E-state index in [1.54, 1.807) is 33.7 Å². The molecule has 0 spiro atoms. The number of hydrogen-bond donors (Lipinski definition) is 0. The molecule has 4 aromatic rings. The molecule has 0 aromatic carbocycles. The molecule has 0 atom stereocenters. The summed E-state index contributed by atoms with van der Waals surface area (Å²) in [6.07, 6.45) is 1.59. The van der Waals surface area contributed by atoms with Crippen LogP contribution in [0.3, 0.4) is 0 Å². The molecule has 0 bridgehead atoms. The molecule has 0 aliphatic heterocycles. The van der Waals surface area contributed by atoms with Crippen LogP contribution in [0.5, 0.6) is 0 Å². The van der Waals surface area contributed by atoms with Crippen LogP contribution < -0.4 is 0 Å². The van der Waals surface area contributed by atoms with Crippen LogP contribution in [0, 0.1) is 6.92 Å². The van der Waals surface area contributed by atoms with Crippen molar-refractivity contribution < 1.29 is 0 Å². The first kappa shape index (κ1) is 13.8. The van der Waals surface area contributed by atoms with Gasteiger partial charge in [0.25, 0.3) is 0 Å². The van der Waals surface area contributed by atoms with Gasteiger partial charge in [-0.3, -0.25) is 0 Å².